The number of halogens is 1. The molecule has 1 aliphatic heterocycles. The molecule has 2 aromatic rings. The minimum absolute atomic E-state index is 0.0260. The van der Waals surface area contributed by atoms with Gasteiger partial charge < -0.3 is 15.4 Å². The van der Waals surface area contributed by atoms with Crippen molar-refractivity contribution in [3.05, 3.63) is 74.2 Å². The molecule has 2 N–H and O–H groups in total. The van der Waals surface area contributed by atoms with Gasteiger partial charge in [0.2, 0.25) is 11.8 Å². The van der Waals surface area contributed by atoms with Crippen LogP contribution in [-0.4, -0.2) is 30.6 Å². The fourth-order valence-electron chi connectivity index (χ4n) is 3.53. The number of nitrogens with zero attached hydrogens (tertiary/aromatic N) is 1. The summed E-state index contributed by atoms with van der Waals surface area (Å²) in [6, 6.07) is 14.8. The van der Waals surface area contributed by atoms with E-state index in [2.05, 4.69) is 32.6 Å². The third kappa shape index (κ3) is 5.64. The zero-order valence-corrected chi connectivity index (χ0v) is 20.7. The molecule has 9 heteroatoms. The number of allylic oxidation sites excluding steroid dienone is 1. The van der Waals surface area contributed by atoms with Crippen LogP contribution in [0.5, 0.6) is 0 Å². The molecule has 2 amide bonds. The number of methoxy groups -OCH3 is 1. The molecule has 0 aliphatic carbocycles. The zero-order chi connectivity index (χ0) is 24.1. The van der Waals surface area contributed by atoms with Gasteiger partial charge in [0.1, 0.15) is 5.92 Å². The van der Waals surface area contributed by atoms with Crippen LogP contribution in [0.1, 0.15) is 22.6 Å². The molecule has 0 aromatic heterocycles. The summed E-state index contributed by atoms with van der Waals surface area (Å²) in [5.74, 6) is -3.67. The molecule has 33 heavy (non-hydrogen) atoms. The van der Waals surface area contributed by atoms with E-state index < -0.39 is 23.7 Å². The second-order valence-electron chi connectivity index (χ2n) is 7.51. The molecule has 1 aliphatic rings. The molecular formula is C24H22BrN3O4S. The number of amides is 2. The standard InChI is InChI=1S/C24H22BrN3O4S/c1-13-7-8-17(9-14(13)2)27-19(29)12-33-23-18(11-26)20(15-5-4-6-16(25)10-15)21(22(30)28-23)24(31)32-3/h4-10,20-21H,12H2,1-3H3,(H,27,29)(H,28,30)/t20-,21+/m1/s1. The number of hydrogen-bond acceptors (Lipinski definition) is 6. The minimum atomic E-state index is -1.22. The Kier molecular flexibility index (Phi) is 7.95. The van der Waals surface area contributed by atoms with Crippen LogP contribution < -0.4 is 10.6 Å². The lowest BCUT2D eigenvalue weighted by Crippen LogP contribution is -2.44. The summed E-state index contributed by atoms with van der Waals surface area (Å²) in [6.07, 6.45) is 0. The molecule has 2 aromatic carbocycles. The number of anilines is 1. The number of esters is 1. The highest BCUT2D eigenvalue weighted by Gasteiger charge is 2.44. The zero-order valence-electron chi connectivity index (χ0n) is 18.3. The lowest BCUT2D eigenvalue weighted by molar-refractivity contribution is -0.150. The summed E-state index contributed by atoms with van der Waals surface area (Å²) < 4.78 is 5.58. The Morgan fingerprint density at radius 2 is 1.97 bits per heavy atom. The average molecular weight is 528 g/mol. The lowest BCUT2D eigenvalue weighted by atomic mass is 9.78. The molecule has 0 saturated heterocycles. The van der Waals surface area contributed by atoms with Crippen LogP contribution in [0, 0.1) is 31.1 Å². The van der Waals surface area contributed by atoms with Crippen molar-refractivity contribution >= 4 is 51.2 Å². The van der Waals surface area contributed by atoms with Gasteiger partial charge in [0.25, 0.3) is 0 Å². The summed E-state index contributed by atoms with van der Waals surface area (Å²) in [6.45, 7) is 3.95. The van der Waals surface area contributed by atoms with E-state index in [9.17, 15) is 19.6 Å². The average Bonchev–Trinajstić information content (AvgIpc) is 2.79. The summed E-state index contributed by atoms with van der Waals surface area (Å²) in [5.41, 5.74) is 3.66. The number of benzene rings is 2. The molecule has 0 radical (unpaired) electrons. The molecule has 7 nitrogen and oxygen atoms in total. The Labute approximate surface area is 204 Å². The summed E-state index contributed by atoms with van der Waals surface area (Å²) in [5, 5.41) is 15.6. The quantitative estimate of drug-likeness (QED) is 0.431. The molecule has 0 unspecified atom stereocenters. The van der Waals surface area contributed by atoms with Gasteiger partial charge >= 0.3 is 5.97 Å². The van der Waals surface area contributed by atoms with Gasteiger partial charge in [-0.1, -0.05) is 45.9 Å². The Bertz CT molecular complexity index is 1190. The highest BCUT2D eigenvalue weighted by molar-refractivity contribution is 9.10. The van der Waals surface area contributed by atoms with E-state index in [-0.39, 0.29) is 22.3 Å². The van der Waals surface area contributed by atoms with E-state index in [0.717, 1.165) is 27.4 Å². The fraction of sp³-hybridized carbons (Fsp3) is 0.250. The van der Waals surface area contributed by atoms with Crippen molar-refractivity contribution in [1.29, 1.82) is 5.26 Å². The molecule has 0 fully saturated rings. The highest BCUT2D eigenvalue weighted by atomic mass is 79.9. The molecule has 170 valence electrons. The van der Waals surface area contributed by atoms with Crippen molar-refractivity contribution in [2.24, 2.45) is 5.92 Å². The third-order valence-corrected chi connectivity index (χ3v) is 6.84. The molecule has 3 rings (SSSR count). The summed E-state index contributed by atoms with van der Waals surface area (Å²) in [7, 11) is 1.20. The van der Waals surface area contributed by atoms with Crippen LogP contribution in [0.4, 0.5) is 5.69 Å². The lowest BCUT2D eigenvalue weighted by Gasteiger charge is -2.31. The molecule has 2 atom stereocenters. The number of nitrogens with one attached hydrogen (secondary N) is 2. The first-order valence-corrected chi connectivity index (χ1v) is 11.8. The van der Waals surface area contributed by atoms with Crippen molar-refractivity contribution in [2.75, 3.05) is 18.2 Å². The molecular weight excluding hydrogens is 506 g/mol. The molecule has 0 spiro atoms. The smallest absolute Gasteiger partial charge is 0.319 e. The number of rotatable bonds is 6. The molecule has 0 bridgehead atoms. The monoisotopic (exact) mass is 527 g/mol. The second kappa shape index (κ2) is 10.7. The van der Waals surface area contributed by atoms with Gasteiger partial charge in [0.15, 0.2) is 0 Å². The topological polar surface area (TPSA) is 108 Å². The summed E-state index contributed by atoms with van der Waals surface area (Å²) in [4.78, 5) is 37.8. The number of aryl methyl sites for hydroxylation is 2. The predicted molar refractivity (Wildman–Crippen MR) is 130 cm³/mol. The van der Waals surface area contributed by atoms with E-state index in [1.165, 1.54) is 7.11 Å². The van der Waals surface area contributed by atoms with Gasteiger partial charge in [-0.15, -0.1) is 0 Å². The van der Waals surface area contributed by atoms with E-state index in [1.807, 2.05) is 38.1 Å². The van der Waals surface area contributed by atoms with E-state index in [0.29, 0.717) is 11.3 Å². The van der Waals surface area contributed by atoms with Crippen LogP contribution in [-0.2, 0) is 19.1 Å². The van der Waals surface area contributed by atoms with E-state index in [1.54, 1.807) is 18.2 Å². The van der Waals surface area contributed by atoms with Crippen LogP contribution in [0.25, 0.3) is 0 Å². The van der Waals surface area contributed by atoms with Gasteiger partial charge in [0.05, 0.1) is 29.5 Å². The Hall–Kier alpha value is -3.09. The normalized spacial score (nSPS) is 17.7. The van der Waals surface area contributed by atoms with Crippen molar-refractivity contribution < 1.29 is 19.1 Å². The number of hydrogen-bond donors (Lipinski definition) is 2. The second-order valence-corrected chi connectivity index (χ2v) is 9.41. The first-order valence-electron chi connectivity index (χ1n) is 10.0. The van der Waals surface area contributed by atoms with Gasteiger partial charge in [-0.05, 0) is 54.8 Å². The Balaban J connectivity index is 1.88. The van der Waals surface area contributed by atoms with Crippen molar-refractivity contribution in [2.45, 2.75) is 19.8 Å². The predicted octanol–water partition coefficient (Wildman–Crippen LogP) is 4.18. The number of nitriles is 1. The van der Waals surface area contributed by atoms with Crippen LogP contribution in [0.2, 0.25) is 0 Å². The van der Waals surface area contributed by atoms with E-state index >= 15 is 0 Å². The van der Waals surface area contributed by atoms with Gasteiger partial charge in [-0.2, -0.15) is 5.26 Å². The summed E-state index contributed by atoms with van der Waals surface area (Å²) >= 11 is 4.43. The first-order chi connectivity index (χ1) is 15.7. The number of thioether (sulfide) groups is 1. The number of ether oxygens (including phenoxy) is 1. The van der Waals surface area contributed by atoms with Crippen LogP contribution >= 0.6 is 27.7 Å². The third-order valence-electron chi connectivity index (χ3n) is 5.33. The Morgan fingerprint density at radius 1 is 1.21 bits per heavy atom. The molecule has 0 saturated carbocycles. The largest absolute Gasteiger partial charge is 0.468 e. The highest BCUT2D eigenvalue weighted by Crippen LogP contribution is 2.40. The minimum Gasteiger partial charge on any atom is -0.468 e. The maximum Gasteiger partial charge on any atom is 0.319 e. The first kappa shape index (κ1) is 24.6. The maximum absolute atomic E-state index is 12.9. The van der Waals surface area contributed by atoms with Crippen molar-refractivity contribution in [3.63, 3.8) is 0 Å². The van der Waals surface area contributed by atoms with Crippen LogP contribution in [0.15, 0.2) is 57.5 Å². The Morgan fingerprint density at radius 3 is 2.61 bits per heavy atom. The maximum atomic E-state index is 12.9. The van der Waals surface area contributed by atoms with Gasteiger partial charge in [0, 0.05) is 16.1 Å². The number of carbonyl (C=O) groups is 3. The van der Waals surface area contributed by atoms with E-state index in [4.69, 9.17) is 4.74 Å². The van der Waals surface area contributed by atoms with Crippen LogP contribution in [0.3, 0.4) is 0 Å². The van der Waals surface area contributed by atoms with Crippen molar-refractivity contribution in [3.8, 4) is 6.07 Å². The van der Waals surface area contributed by atoms with Gasteiger partial charge in [-0.25, -0.2) is 0 Å². The van der Waals surface area contributed by atoms with Crippen molar-refractivity contribution in [1.82, 2.24) is 5.32 Å². The molecule has 1 heterocycles. The SMILES string of the molecule is COC(=O)[C@@H]1C(=O)NC(SCC(=O)Nc2ccc(C)c(C)c2)=C(C#N)[C@H]1c1cccc(Br)c1. The fourth-order valence-corrected chi connectivity index (χ4v) is 4.80. The number of carbonyl (C=O) groups excluding carboxylic acids is 3. The van der Waals surface area contributed by atoms with Gasteiger partial charge in [-0.3, -0.25) is 14.4 Å².